The van der Waals surface area contributed by atoms with E-state index in [0.29, 0.717) is 5.57 Å². The topological polar surface area (TPSA) is 55.4 Å². The number of nitrogens with one attached hydrogen (secondary N) is 1. The number of rotatable bonds is 2. The second-order valence-electron chi connectivity index (χ2n) is 6.68. The number of hydrogen-bond acceptors (Lipinski definition) is 3. The molecule has 3 rings (SSSR count). The van der Waals surface area contributed by atoms with Gasteiger partial charge in [0.2, 0.25) is 6.10 Å². The van der Waals surface area contributed by atoms with Crippen LogP contribution in [0.25, 0.3) is 16.3 Å². The molecule has 1 N–H and O–H groups in total. The van der Waals surface area contributed by atoms with E-state index in [1.165, 1.54) is 6.08 Å². The standard InChI is InChI=1S/C19H19NO3/c1-19(2,3)20-18(22)17-15(11-16(21)23-17)14-10-6-8-12-7-4-5-9-13(12)14/h4-11,17H,1-3H3,(H,20,22). The van der Waals surface area contributed by atoms with E-state index in [1.807, 2.05) is 63.2 Å². The molecule has 0 spiro atoms. The molecule has 1 aliphatic heterocycles. The van der Waals surface area contributed by atoms with Gasteiger partial charge in [0.25, 0.3) is 5.91 Å². The Kier molecular flexibility index (Phi) is 3.68. The van der Waals surface area contributed by atoms with Crippen molar-refractivity contribution in [3.8, 4) is 0 Å². The van der Waals surface area contributed by atoms with Crippen molar-refractivity contribution in [1.29, 1.82) is 0 Å². The number of esters is 1. The third kappa shape index (κ3) is 3.11. The van der Waals surface area contributed by atoms with Gasteiger partial charge in [0.1, 0.15) is 0 Å². The Morgan fingerprint density at radius 3 is 2.52 bits per heavy atom. The average molecular weight is 309 g/mol. The summed E-state index contributed by atoms with van der Waals surface area (Å²) in [5.41, 5.74) is 1.06. The minimum Gasteiger partial charge on any atom is -0.444 e. The molecule has 2 aromatic rings. The van der Waals surface area contributed by atoms with Crippen molar-refractivity contribution in [3.63, 3.8) is 0 Å². The van der Waals surface area contributed by atoms with Crippen LogP contribution < -0.4 is 5.32 Å². The van der Waals surface area contributed by atoms with E-state index < -0.39 is 17.6 Å². The molecule has 0 aliphatic carbocycles. The Morgan fingerprint density at radius 2 is 1.78 bits per heavy atom. The zero-order chi connectivity index (χ0) is 16.6. The quantitative estimate of drug-likeness (QED) is 0.867. The van der Waals surface area contributed by atoms with E-state index in [4.69, 9.17) is 4.74 Å². The Hall–Kier alpha value is -2.62. The summed E-state index contributed by atoms with van der Waals surface area (Å²) in [6, 6.07) is 13.7. The first kappa shape index (κ1) is 15.3. The van der Waals surface area contributed by atoms with Crippen molar-refractivity contribution in [1.82, 2.24) is 5.32 Å². The molecule has 0 saturated carbocycles. The number of benzene rings is 2. The fourth-order valence-electron chi connectivity index (χ4n) is 2.74. The lowest BCUT2D eigenvalue weighted by Crippen LogP contribution is -2.46. The highest BCUT2D eigenvalue weighted by molar-refractivity contribution is 6.10. The summed E-state index contributed by atoms with van der Waals surface area (Å²) >= 11 is 0. The van der Waals surface area contributed by atoms with Gasteiger partial charge in [-0.05, 0) is 37.1 Å². The van der Waals surface area contributed by atoms with Gasteiger partial charge in [-0.3, -0.25) is 4.79 Å². The molecule has 4 nitrogen and oxygen atoms in total. The minimum absolute atomic E-state index is 0.303. The summed E-state index contributed by atoms with van der Waals surface area (Å²) in [6.07, 6.45) is 0.502. The summed E-state index contributed by atoms with van der Waals surface area (Å²) < 4.78 is 5.24. The van der Waals surface area contributed by atoms with Gasteiger partial charge in [-0.2, -0.15) is 0 Å². The predicted octanol–water partition coefficient (Wildman–Crippen LogP) is 3.06. The molecule has 118 valence electrons. The lowest BCUT2D eigenvalue weighted by atomic mass is 9.94. The third-order valence-corrected chi connectivity index (χ3v) is 3.63. The molecule has 1 atom stereocenters. The predicted molar refractivity (Wildman–Crippen MR) is 89.7 cm³/mol. The van der Waals surface area contributed by atoms with Gasteiger partial charge in [0.15, 0.2) is 0 Å². The molecule has 23 heavy (non-hydrogen) atoms. The van der Waals surface area contributed by atoms with Gasteiger partial charge in [0.05, 0.1) is 0 Å². The van der Waals surface area contributed by atoms with Crippen LogP contribution in [-0.2, 0) is 14.3 Å². The summed E-state index contributed by atoms with van der Waals surface area (Å²) in [7, 11) is 0. The largest absolute Gasteiger partial charge is 0.444 e. The third-order valence-electron chi connectivity index (χ3n) is 3.63. The normalized spacial score (nSPS) is 17.8. The van der Waals surface area contributed by atoms with Crippen molar-refractivity contribution in [2.24, 2.45) is 0 Å². The first-order valence-electron chi connectivity index (χ1n) is 7.57. The second kappa shape index (κ2) is 5.54. The van der Waals surface area contributed by atoms with Gasteiger partial charge in [-0.1, -0.05) is 42.5 Å². The second-order valence-corrected chi connectivity index (χ2v) is 6.68. The number of carbonyl (C=O) groups excluding carboxylic acids is 2. The smallest absolute Gasteiger partial charge is 0.332 e. The number of cyclic esters (lactones) is 1. The maximum atomic E-state index is 12.5. The van der Waals surface area contributed by atoms with E-state index in [0.717, 1.165) is 16.3 Å². The molecule has 1 heterocycles. The molecule has 0 radical (unpaired) electrons. The maximum absolute atomic E-state index is 12.5. The first-order chi connectivity index (χ1) is 10.8. The number of carbonyl (C=O) groups is 2. The monoisotopic (exact) mass is 309 g/mol. The lowest BCUT2D eigenvalue weighted by Gasteiger charge is -2.24. The van der Waals surface area contributed by atoms with E-state index in [-0.39, 0.29) is 5.91 Å². The lowest BCUT2D eigenvalue weighted by molar-refractivity contribution is -0.146. The highest BCUT2D eigenvalue weighted by Gasteiger charge is 2.35. The van der Waals surface area contributed by atoms with Gasteiger partial charge in [0, 0.05) is 17.2 Å². The van der Waals surface area contributed by atoms with Crippen LogP contribution in [0.5, 0.6) is 0 Å². The number of hydrogen-bond donors (Lipinski definition) is 1. The van der Waals surface area contributed by atoms with Crippen molar-refractivity contribution in [3.05, 3.63) is 54.1 Å². The Bertz CT molecular complexity index is 809. The SMILES string of the molecule is CC(C)(C)NC(=O)C1OC(=O)C=C1c1cccc2ccccc12. The molecule has 0 aromatic heterocycles. The fraction of sp³-hybridized carbons (Fsp3) is 0.263. The van der Waals surface area contributed by atoms with Gasteiger partial charge >= 0.3 is 5.97 Å². The molecule has 2 aromatic carbocycles. The van der Waals surface area contributed by atoms with Gasteiger partial charge < -0.3 is 10.1 Å². The zero-order valence-electron chi connectivity index (χ0n) is 13.4. The molecule has 0 saturated heterocycles. The van der Waals surface area contributed by atoms with E-state index in [9.17, 15) is 9.59 Å². The summed E-state index contributed by atoms with van der Waals surface area (Å²) in [4.78, 5) is 24.3. The molecule has 0 bridgehead atoms. The van der Waals surface area contributed by atoms with Crippen LogP contribution in [-0.4, -0.2) is 23.5 Å². The number of amides is 1. The van der Waals surface area contributed by atoms with Gasteiger partial charge in [-0.25, -0.2) is 4.79 Å². The Morgan fingerprint density at radius 1 is 1.09 bits per heavy atom. The van der Waals surface area contributed by atoms with Crippen molar-refractivity contribution in [2.75, 3.05) is 0 Å². The van der Waals surface area contributed by atoms with E-state index in [1.54, 1.807) is 0 Å². The first-order valence-corrected chi connectivity index (χ1v) is 7.57. The molecule has 1 unspecified atom stereocenters. The number of fused-ring (bicyclic) bond motifs is 1. The molecular weight excluding hydrogens is 290 g/mol. The molecule has 1 amide bonds. The van der Waals surface area contributed by atoms with Crippen LogP contribution in [0.15, 0.2) is 48.5 Å². The average Bonchev–Trinajstić information content (AvgIpc) is 2.87. The van der Waals surface area contributed by atoms with Crippen LogP contribution in [0, 0.1) is 0 Å². The van der Waals surface area contributed by atoms with Crippen LogP contribution in [0.2, 0.25) is 0 Å². The maximum Gasteiger partial charge on any atom is 0.332 e. The van der Waals surface area contributed by atoms with Crippen LogP contribution >= 0.6 is 0 Å². The van der Waals surface area contributed by atoms with E-state index >= 15 is 0 Å². The highest BCUT2D eigenvalue weighted by Crippen LogP contribution is 2.32. The summed E-state index contributed by atoms with van der Waals surface area (Å²) in [6.45, 7) is 5.68. The molecule has 0 fully saturated rings. The van der Waals surface area contributed by atoms with Crippen molar-refractivity contribution in [2.45, 2.75) is 32.4 Å². The Labute approximate surface area is 135 Å². The molecular formula is C19H19NO3. The molecule has 1 aliphatic rings. The van der Waals surface area contributed by atoms with Crippen LogP contribution in [0.3, 0.4) is 0 Å². The number of ether oxygens (including phenoxy) is 1. The molecule has 4 heteroatoms. The van der Waals surface area contributed by atoms with E-state index in [2.05, 4.69) is 5.32 Å². The van der Waals surface area contributed by atoms with Crippen LogP contribution in [0.1, 0.15) is 26.3 Å². The van der Waals surface area contributed by atoms with Crippen LogP contribution in [0.4, 0.5) is 0 Å². The van der Waals surface area contributed by atoms with Crippen molar-refractivity contribution < 1.29 is 14.3 Å². The summed E-state index contributed by atoms with van der Waals surface area (Å²) in [5.74, 6) is -0.787. The summed E-state index contributed by atoms with van der Waals surface area (Å²) in [5, 5.41) is 4.92. The Balaban J connectivity index is 2.04. The highest BCUT2D eigenvalue weighted by atomic mass is 16.6. The van der Waals surface area contributed by atoms with Gasteiger partial charge in [-0.15, -0.1) is 0 Å². The fourth-order valence-corrected chi connectivity index (χ4v) is 2.74. The minimum atomic E-state index is -0.910. The zero-order valence-corrected chi connectivity index (χ0v) is 13.4. The van der Waals surface area contributed by atoms with Crippen molar-refractivity contribution >= 4 is 28.2 Å².